The summed E-state index contributed by atoms with van der Waals surface area (Å²) >= 11 is 0. The van der Waals surface area contributed by atoms with E-state index in [1.54, 1.807) is 0 Å². The molecule has 1 aliphatic heterocycles. The molecule has 1 N–H and O–H groups in total. The Labute approximate surface area is 192 Å². The molecular formula is C25H42O7. The van der Waals surface area contributed by atoms with Gasteiger partial charge in [-0.3, -0.25) is 9.59 Å². The van der Waals surface area contributed by atoms with E-state index >= 15 is 0 Å². The van der Waals surface area contributed by atoms with E-state index in [1.807, 2.05) is 13.8 Å². The summed E-state index contributed by atoms with van der Waals surface area (Å²) in [6, 6.07) is 0. The van der Waals surface area contributed by atoms with Crippen LogP contribution in [0.3, 0.4) is 0 Å². The number of allylic oxidation sites excluding steroid dienone is 2. The Bertz CT molecular complexity index is 583. The number of rotatable bonds is 13. The molecule has 0 aromatic carbocycles. The van der Waals surface area contributed by atoms with E-state index in [4.69, 9.17) is 18.9 Å². The van der Waals surface area contributed by atoms with E-state index < -0.39 is 0 Å². The lowest BCUT2D eigenvalue weighted by Gasteiger charge is -2.29. The molecule has 5 atom stereocenters. The lowest BCUT2D eigenvalue weighted by Crippen LogP contribution is -2.33. The molecule has 2 fully saturated rings. The van der Waals surface area contributed by atoms with Crippen LogP contribution in [0.5, 0.6) is 0 Å². The number of carbonyl (C=O) groups is 2. The van der Waals surface area contributed by atoms with Crippen molar-refractivity contribution in [2.24, 2.45) is 11.8 Å². The van der Waals surface area contributed by atoms with Crippen molar-refractivity contribution >= 4 is 11.9 Å². The smallest absolute Gasteiger partial charge is 0.306 e. The molecule has 0 spiro atoms. The predicted molar refractivity (Wildman–Crippen MR) is 121 cm³/mol. The maximum atomic E-state index is 11.6. The van der Waals surface area contributed by atoms with Crippen LogP contribution >= 0.6 is 0 Å². The van der Waals surface area contributed by atoms with Crippen molar-refractivity contribution in [3.8, 4) is 0 Å². The van der Waals surface area contributed by atoms with Crippen LogP contribution in [0.2, 0.25) is 0 Å². The number of esters is 2. The first-order valence-electron chi connectivity index (χ1n) is 12.3. The van der Waals surface area contributed by atoms with Gasteiger partial charge in [0.05, 0.1) is 12.2 Å². The van der Waals surface area contributed by atoms with Crippen molar-refractivity contribution < 1.29 is 33.6 Å². The highest BCUT2D eigenvalue weighted by Gasteiger charge is 2.45. The van der Waals surface area contributed by atoms with Crippen LogP contribution in [0, 0.1) is 11.8 Å². The first-order valence-corrected chi connectivity index (χ1v) is 12.3. The van der Waals surface area contributed by atoms with Crippen LogP contribution in [0.1, 0.15) is 85.0 Å². The largest absolute Gasteiger partial charge is 0.463 e. The third kappa shape index (κ3) is 9.59. The number of carbonyl (C=O) groups excluding carboxylic acids is 2. The Morgan fingerprint density at radius 3 is 2.56 bits per heavy atom. The number of hydrogen-bond acceptors (Lipinski definition) is 7. The Hall–Kier alpha value is -1.44. The van der Waals surface area contributed by atoms with Crippen LogP contribution in [0.25, 0.3) is 0 Å². The molecule has 7 heteroatoms. The molecule has 0 bridgehead atoms. The van der Waals surface area contributed by atoms with Gasteiger partial charge in [0.15, 0.2) is 6.29 Å². The summed E-state index contributed by atoms with van der Waals surface area (Å²) in [5.41, 5.74) is 0. The molecule has 0 radical (unpaired) electrons. The number of unbranched alkanes of at least 4 members (excludes halogenated alkanes) is 3. The van der Waals surface area contributed by atoms with Crippen LogP contribution in [0.15, 0.2) is 12.2 Å². The van der Waals surface area contributed by atoms with E-state index in [0.29, 0.717) is 19.4 Å². The molecule has 0 amide bonds. The fourth-order valence-electron chi connectivity index (χ4n) is 4.63. The fourth-order valence-corrected chi connectivity index (χ4v) is 4.63. The van der Waals surface area contributed by atoms with Crippen molar-refractivity contribution in [2.45, 2.75) is 110 Å². The van der Waals surface area contributed by atoms with Crippen LogP contribution in [-0.2, 0) is 28.5 Å². The molecule has 1 unspecified atom stereocenters. The van der Waals surface area contributed by atoms with Gasteiger partial charge in [0.1, 0.15) is 6.10 Å². The summed E-state index contributed by atoms with van der Waals surface area (Å²) in [4.78, 5) is 23.2. The summed E-state index contributed by atoms with van der Waals surface area (Å²) in [6.45, 7) is 5.85. The average Bonchev–Trinajstić information content (AvgIpc) is 3.05. The topological polar surface area (TPSA) is 91.3 Å². The molecule has 1 saturated carbocycles. The maximum absolute atomic E-state index is 11.6. The van der Waals surface area contributed by atoms with Gasteiger partial charge >= 0.3 is 11.9 Å². The van der Waals surface area contributed by atoms with Crippen molar-refractivity contribution in [3.63, 3.8) is 0 Å². The lowest BCUT2D eigenvalue weighted by molar-refractivity contribution is -0.198. The summed E-state index contributed by atoms with van der Waals surface area (Å²) in [5, 5.41) is 10.1. The Morgan fingerprint density at radius 1 is 1.09 bits per heavy atom. The zero-order valence-electron chi connectivity index (χ0n) is 20.0. The molecule has 0 aromatic rings. The van der Waals surface area contributed by atoms with Gasteiger partial charge in [-0.2, -0.15) is 0 Å². The second-order valence-corrected chi connectivity index (χ2v) is 9.21. The van der Waals surface area contributed by atoms with Crippen molar-refractivity contribution in [3.05, 3.63) is 12.2 Å². The third-order valence-corrected chi connectivity index (χ3v) is 6.16. The minimum Gasteiger partial charge on any atom is -0.463 e. The van der Waals surface area contributed by atoms with E-state index in [0.717, 1.165) is 51.4 Å². The van der Waals surface area contributed by atoms with Gasteiger partial charge < -0.3 is 24.1 Å². The number of aliphatic hydroxyl groups excluding tert-OH is 1. The van der Waals surface area contributed by atoms with Crippen molar-refractivity contribution in [1.29, 1.82) is 0 Å². The quantitative estimate of drug-likeness (QED) is 0.252. The highest BCUT2D eigenvalue weighted by molar-refractivity contribution is 5.69. The zero-order chi connectivity index (χ0) is 23.3. The molecule has 0 aromatic heterocycles. The van der Waals surface area contributed by atoms with Gasteiger partial charge in [0.2, 0.25) is 0 Å². The molecule has 2 rings (SSSR count). The fraction of sp³-hybridized carbons (Fsp3) is 0.840. The van der Waals surface area contributed by atoms with E-state index in [9.17, 15) is 14.7 Å². The second kappa shape index (κ2) is 14.7. The maximum Gasteiger partial charge on any atom is 0.306 e. The molecule has 7 nitrogen and oxygen atoms in total. The summed E-state index contributed by atoms with van der Waals surface area (Å²) in [5.74, 6) is -0.481. The van der Waals surface area contributed by atoms with Crippen molar-refractivity contribution in [1.82, 2.24) is 0 Å². The first kappa shape index (κ1) is 26.8. The van der Waals surface area contributed by atoms with Crippen LogP contribution in [-0.4, -0.2) is 54.9 Å². The second-order valence-electron chi connectivity index (χ2n) is 9.21. The highest BCUT2D eigenvalue weighted by Crippen LogP contribution is 2.40. The number of aliphatic hydroxyl groups is 1. The Kier molecular flexibility index (Phi) is 12.3. The van der Waals surface area contributed by atoms with Gasteiger partial charge in [0, 0.05) is 44.8 Å². The van der Waals surface area contributed by atoms with Crippen molar-refractivity contribution in [2.75, 3.05) is 13.2 Å². The minimum absolute atomic E-state index is 0.000134. The van der Waals surface area contributed by atoms with Crippen LogP contribution < -0.4 is 0 Å². The minimum atomic E-state index is -0.300. The van der Waals surface area contributed by atoms with Crippen LogP contribution in [0.4, 0.5) is 0 Å². The number of hydrogen-bond donors (Lipinski definition) is 1. The molecule has 32 heavy (non-hydrogen) atoms. The monoisotopic (exact) mass is 454 g/mol. The number of ether oxygens (including phenoxy) is 4. The Balaban J connectivity index is 1.77. The molecule has 1 aliphatic carbocycles. The predicted octanol–water partition coefficient (Wildman–Crippen LogP) is 4.31. The van der Waals surface area contributed by atoms with E-state index in [2.05, 4.69) is 12.2 Å². The molecule has 1 saturated heterocycles. The summed E-state index contributed by atoms with van der Waals surface area (Å²) < 4.78 is 22.6. The molecule has 2 aliphatic rings. The molecule has 1 heterocycles. The summed E-state index contributed by atoms with van der Waals surface area (Å²) in [6.07, 6.45) is 12.1. The Morgan fingerprint density at radius 2 is 1.91 bits per heavy atom. The molecular weight excluding hydrogens is 412 g/mol. The lowest BCUT2D eigenvalue weighted by atomic mass is 9.91. The molecule has 184 valence electrons. The van der Waals surface area contributed by atoms with Gasteiger partial charge in [-0.1, -0.05) is 18.6 Å². The highest BCUT2D eigenvalue weighted by atomic mass is 16.7. The van der Waals surface area contributed by atoms with E-state index in [1.165, 1.54) is 6.92 Å². The first-order chi connectivity index (χ1) is 15.4. The average molecular weight is 455 g/mol. The SMILES string of the molecule is CC(=O)O[C@H]1C[C@@H](OC2CCCCO2)[C@H](CO)[C@H]1CC=CCCCCCC(=O)OC(C)C. The summed E-state index contributed by atoms with van der Waals surface area (Å²) in [7, 11) is 0. The standard InChI is InChI=1S/C25H42O7/c1-18(2)30-24(28)13-9-7-5-4-6-8-12-20-21(17-26)23(16-22(20)31-19(3)27)32-25-14-10-11-15-29-25/h6,8,18,20-23,25-26H,4-5,7,9-17H2,1-3H3/t20-,21-,22+,23-,25?/m1/s1. The third-order valence-electron chi connectivity index (χ3n) is 6.16. The van der Waals surface area contributed by atoms with E-state index in [-0.39, 0.29) is 55.0 Å². The van der Waals surface area contributed by atoms with Gasteiger partial charge in [0.25, 0.3) is 0 Å². The van der Waals surface area contributed by atoms with Gasteiger partial charge in [-0.25, -0.2) is 0 Å². The normalized spacial score (nSPS) is 28.3. The van der Waals surface area contributed by atoms with Gasteiger partial charge in [-0.05, 0) is 58.8 Å². The van der Waals surface area contributed by atoms with Gasteiger partial charge in [-0.15, -0.1) is 0 Å². The zero-order valence-corrected chi connectivity index (χ0v) is 20.0.